The summed E-state index contributed by atoms with van der Waals surface area (Å²) in [5, 5.41) is 2.84. The van der Waals surface area contributed by atoms with Gasteiger partial charge < -0.3 is 19.2 Å². The summed E-state index contributed by atoms with van der Waals surface area (Å²) in [7, 11) is 2.00. The van der Waals surface area contributed by atoms with Crippen molar-refractivity contribution in [2.45, 2.75) is 19.9 Å². The Labute approximate surface area is 169 Å². The van der Waals surface area contributed by atoms with E-state index in [0.29, 0.717) is 12.1 Å². The highest BCUT2D eigenvalue weighted by Crippen LogP contribution is 2.21. The largest absolute Gasteiger partial charge is 0.459 e. The van der Waals surface area contributed by atoms with Crippen molar-refractivity contribution >= 4 is 28.5 Å². The van der Waals surface area contributed by atoms with Gasteiger partial charge in [-0.2, -0.15) is 0 Å². The van der Waals surface area contributed by atoms with Crippen LogP contribution in [0.15, 0.2) is 41.0 Å². The number of carbonyl (C=O) groups excluding carboxylic acids is 2. The molecular weight excluding hydrogens is 370 g/mol. The van der Waals surface area contributed by atoms with Gasteiger partial charge in [-0.05, 0) is 30.3 Å². The Hall–Kier alpha value is -3.13. The Morgan fingerprint density at radius 3 is 2.66 bits per heavy atom. The lowest BCUT2D eigenvalue weighted by atomic mass is 10.2. The number of hydrogen-bond acceptors (Lipinski definition) is 5. The van der Waals surface area contributed by atoms with Crippen LogP contribution in [-0.4, -0.2) is 57.3 Å². The van der Waals surface area contributed by atoms with Crippen LogP contribution in [0.3, 0.4) is 0 Å². The number of fused-ring (bicyclic) bond motifs is 1. The third-order valence-corrected chi connectivity index (χ3v) is 5.37. The summed E-state index contributed by atoms with van der Waals surface area (Å²) in [4.78, 5) is 33.0. The molecule has 1 aliphatic rings. The molecule has 3 aromatic rings. The van der Waals surface area contributed by atoms with E-state index < -0.39 is 0 Å². The standard InChI is InChI=1S/C21H25N5O3/c1-3-20(27)26-10-8-25(9-11-26)14-19-23-16-13-15(6-7-17(16)24(19)2)22-21(28)18-5-4-12-29-18/h4-7,12-13H,3,8-11,14H2,1-2H3,(H,22,28). The third kappa shape index (κ3) is 4.02. The average Bonchev–Trinajstić information content (AvgIpc) is 3.37. The van der Waals surface area contributed by atoms with Gasteiger partial charge in [0, 0.05) is 45.3 Å². The van der Waals surface area contributed by atoms with E-state index in [2.05, 4.69) is 14.8 Å². The van der Waals surface area contributed by atoms with Gasteiger partial charge in [0.15, 0.2) is 5.76 Å². The molecule has 4 rings (SSSR count). The lowest BCUT2D eigenvalue weighted by Crippen LogP contribution is -2.48. The highest BCUT2D eigenvalue weighted by Gasteiger charge is 2.21. The van der Waals surface area contributed by atoms with Crippen molar-refractivity contribution in [3.8, 4) is 0 Å². The minimum Gasteiger partial charge on any atom is -0.459 e. The maximum absolute atomic E-state index is 12.2. The van der Waals surface area contributed by atoms with Crippen molar-refractivity contribution in [3.63, 3.8) is 0 Å². The molecule has 2 amide bonds. The first-order valence-electron chi connectivity index (χ1n) is 9.85. The molecule has 0 radical (unpaired) electrons. The second-order valence-corrected chi connectivity index (χ2v) is 7.23. The predicted molar refractivity (Wildman–Crippen MR) is 110 cm³/mol. The maximum Gasteiger partial charge on any atom is 0.291 e. The lowest BCUT2D eigenvalue weighted by molar-refractivity contribution is -0.132. The minimum absolute atomic E-state index is 0.219. The van der Waals surface area contributed by atoms with E-state index in [9.17, 15) is 9.59 Å². The third-order valence-electron chi connectivity index (χ3n) is 5.37. The predicted octanol–water partition coefficient (Wildman–Crippen LogP) is 2.47. The maximum atomic E-state index is 12.2. The zero-order valence-electron chi connectivity index (χ0n) is 16.7. The molecule has 8 heteroatoms. The second kappa shape index (κ2) is 8.08. The molecule has 1 N–H and O–H groups in total. The summed E-state index contributed by atoms with van der Waals surface area (Å²) < 4.78 is 7.21. The Morgan fingerprint density at radius 1 is 1.17 bits per heavy atom. The first kappa shape index (κ1) is 19.2. The number of benzene rings is 1. The molecule has 8 nitrogen and oxygen atoms in total. The Morgan fingerprint density at radius 2 is 1.97 bits per heavy atom. The van der Waals surface area contributed by atoms with E-state index >= 15 is 0 Å². The number of carbonyl (C=O) groups is 2. The molecule has 1 aromatic carbocycles. The van der Waals surface area contributed by atoms with Gasteiger partial charge in [0.2, 0.25) is 5.91 Å². The smallest absolute Gasteiger partial charge is 0.291 e. The van der Waals surface area contributed by atoms with Gasteiger partial charge >= 0.3 is 0 Å². The number of hydrogen-bond donors (Lipinski definition) is 1. The van der Waals surface area contributed by atoms with Crippen molar-refractivity contribution < 1.29 is 14.0 Å². The van der Waals surface area contributed by atoms with Crippen molar-refractivity contribution in [1.82, 2.24) is 19.4 Å². The fraction of sp³-hybridized carbons (Fsp3) is 0.381. The van der Waals surface area contributed by atoms with Crippen molar-refractivity contribution in [2.75, 3.05) is 31.5 Å². The Bertz CT molecular complexity index is 1020. The van der Waals surface area contributed by atoms with Crippen molar-refractivity contribution in [2.24, 2.45) is 7.05 Å². The van der Waals surface area contributed by atoms with Crippen LogP contribution >= 0.6 is 0 Å². The molecule has 2 aromatic heterocycles. The Kier molecular flexibility index (Phi) is 5.35. The quantitative estimate of drug-likeness (QED) is 0.718. The van der Waals surface area contributed by atoms with Gasteiger partial charge in [-0.3, -0.25) is 14.5 Å². The number of nitrogens with zero attached hydrogens (tertiary/aromatic N) is 4. The zero-order valence-corrected chi connectivity index (χ0v) is 16.7. The van der Waals surface area contributed by atoms with Gasteiger partial charge in [0.25, 0.3) is 5.91 Å². The summed E-state index contributed by atoms with van der Waals surface area (Å²) in [5.41, 5.74) is 2.52. The number of rotatable bonds is 5. The molecule has 1 fully saturated rings. The van der Waals surface area contributed by atoms with E-state index in [1.54, 1.807) is 12.1 Å². The van der Waals surface area contributed by atoms with Crippen LogP contribution < -0.4 is 5.32 Å². The fourth-order valence-corrected chi connectivity index (χ4v) is 3.65. The van der Waals surface area contributed by atoms with Gasteiger partial charge in [-0.25, -0.2) is 4.98 Å². The number of furan rings is 1. The topological polar surface area (TPSA) is 83.6 Å². The van der Waals surface area contributed by atoms with E-state index in [4.69, 9.17) is 9.40 Å². The van der Waals surface area contributed by atoms with Gasteiger partial charge in [-0.1, -0.05) is 6.92 Å². The van der Waals surface area contributed by atoms with E-state index in [1.165, 1.54) is 6.26 Å². The molecule has 0 atom stereocenters. The summed E-state index contributed by atoms with van der Waals surface area (Å²) in [6, 6.07) is 9.00. The molecule has 1 aliphatic heterocycles. The van der Waals surface area contributed by atoms with Crippen LogP contribution in [0.25, 0.3) is 11.0 Å². The number of piperazine rings is 1. The number of amides is 2. The normalized spacial score (nSPS) is 15.0. The first-order chi connectivity index (χ1) is 14.0. The molecule has 0 spiro atoms. The highest BCUT2D eigenvalue weighted by atomic mass is 16.3. The molecular formula is C21H25N5O3. The second-order valence-electron chi connectivity index (χ2n) is 7.23. The summed E-state index contributed by atoms with van der Waals surface area (Å²) in [6.07, 6.45) is 2.03. The molecule has 152 valence electrons. The summed E-state index contributed by atoms with van der Waals surface area (Å²) in [5.74, 6) is 1.17. The number of anilines is 1. The van der Waals surface area contributed by atoms with Crippen LogP contribution in [0.2, 0.25) is 0 Å². The molecule has 3 heterocycles. The first-order valence-corrected chi connectivity index (χ1v) is 9.85. The molecule has 0 saturated carbocycles. The van der Waals surface area contributed by atoms with Crippen molar-refractivity contribution in [1.29, 1.82) is 0 Å². The Balaban J connectivity index is 1.45. The summed E-state index contributed by atoms with van der Waals surface area (Å²) in [6.45, 7) is 5.85. The number of nitrogens with one attached hydrogen (secondary N) is 1. The van der Waals surface area contributed by atoms with Crippen LogP contribution in [0.1, 0.15) is 29.7 Å². The molecule has 29 heavy (non-hydrogen) atoms. The molecule has 0 unspecified atom stereocenters. The minimum atomic E-state index is -0.287. The molecule has 0 bridgehead atoms. The number of aromatic nitrogens is 2. The monoisotopic (exact) mass is 395 g/mol. The van der Waals surface area contributed by atoms with Gasteiger partial charge in [0.05, 0.1) is 23.8 Å². The number of imidazole rings is 1. The van der Waals surface area contributed by atoms with E-state index in [0.717, 1.165) is 49.6 Å². The van der Waals surface area contributed by atoms with E-state index in [1.807, 2.05) is 37.1 Å². The summed E-state index contributed by atoms with van der Waals surface area (Å²) >= 11 is 0. The lowest BCUT2D eigenvalue weighted by Gasteiger charge is -2.34. The molecule has 0 aliphatic carbocycles. The number of aryl methyl sites for hydroxylation is 1. The highest BCUT2D eigenvalue weighted by molar-refractivity contribution is 6.03. The van der Waals surface area contributed by atoms with Crippen LogP contribution in [0.4, 0.5) is 5.69 Å². The SMILES string of the molecule is CCC(=O)N1CCN(Cc2nc3cc(NC(=O)c4ccco4)ccc3n2C)CC1. The van der Waals surface area contributed by atoms with Crippen LogP contribution in [-0.2, 0) is 18.4 Å². The zero-order chi connectivity index (χ0) is 20.4. The average molecular weight is 395 g/mol. The van der Waals surface area contributed by atoms with E-state index in [-0.39, 0.29) is 17.6 Å². The fourth-order valence-electron chi connectivity index (χ4n) is 3.65. The van der Waals surface area contributed by atoms with Gasteiger partial charge in [-0.15, -0.1) is 0 Å². The molecule has 1 saturated heterocycles. The van der Waals surface area contributed by atoms with Crippen LogP contribution in [0.5, 0.6) is 0 Å². The van der Waals surface area contributed by atoms with Crippen LogP contribution in [0, 0.1) is 0 Å². The van der Waals surface area contributed by atoms with Crippen molar-refractivity contribution in [3.05, 3.63) is 48.2 Å². The van der Waals surface area contributed by atoms with Gasteiger partial charge in [0.1, 0.15) is 5.82 Å².